The lowest BCUT2D eigenvalue weighted by atomic mass is 10.0. The SMILES string of the molecule is O=C(c1ccc(-c2ccccc2F)o1)N1CCC[C@H]1c1ccc2c(c1)OCCCO2. The van der Waals surface area contributed by atoms with Crippen LogP contribution in [0.5, 0.6) is 11.5 Å². The largest absolute Gasteiger partial charge is 0.490 e. The van der Waals surface area contributed by atoms with Gasteiger partial charge in [-0.15, -0.1) is 0 Å². The lowest BCUT2D eigenvalue weighted by Crippen LogP contribution is -2.30. The molecule has 154 valence electrons. The van der Waals surface area contributed by atoms with Gasteiger partial charge in [0.2, 0.25) is 0 Å². The van der Waals surface area contributed by atoms with E-state index in [1.807, 2.05) is 23.1 Å². The molecule has 1 aromatic heterocycles. The van der Waals surface area contributed by atoms with Crippen molar-refractivity contribution in [2.75, 3.05) is 19.8 Å². The monoisotopic (exact) mass is 407 g/mol. The molecule has 3 aromatic rings. The summed E-state index contributed by atoms with van der Waals surface area (Å²) < 4.78 is 31.3. The van der Waals surface area contributed by atoms with Gasteiger partial charge in [0, 0.05) is 13.0 Å². The highest BCUT2D eigenvalue weighted by atomic mass is 19.1. The van der Waals surface area contributed by atoms with Crippen LogP contribution in [0.25, 0.3) is 11.3 Å². The van der Waals surface area contributed by atoms with Gasteiger partial charge >= 0.3 is 0 Å². The zero-order chi connectivity index (χ0) is 20.5. The standard InChI is InChI=1S/C24H22FNO4/c25-18-6-2-1-5-17(18)20-10-11-22(30-20)24(27)26-12-3-7-19(26)16-8-9-21-23(15-16)29-14-4-13-28-21/h1-2,5-6,8-11,15,19H,3-4,7,12-14H2/t19-/m0/s1. The Hall–Kier alpha value is -3.28. The van der Waals surface area contributed by atoms with Gasteiger partial charge < -0.3 is 18.8 Å². The van der Waals surface area contributed by atoms with Gasteiger partial charge in [-0.2, -0.15) is 0 Å². The number of halogens is 1. The zero-order valence-electron chi connectivity index (χ0n) is 16.5. The molecule has 0 unspecified atom stereocenters. The van der Waals surface area contributed by atoms with E-state index < -0.39 is 0 Å². The molecule has 0 bridgehead atoms. The zero-order valence-corrected chi connectivity index (χ0v) is 16.5. The van der Waals surface area contributed by atoms with Gasteiger partial charge in [-0.05, 0) is 54.8 Å². The summed E-state index contributed by atoms with van der Waals surface area (Å²) >= 11 is 0. The third kappa shape index (κ3) is 3.43. The molecule has 0 radical (unpaired) electrons. The average Bonchev–Trinajstić information content (AvgIpc) is 3.39. The van der Waals surface area contributed by atoms with Crippen molar-refractivity contribution in [3.63, 3.8) is 0 Å². The molecule has 0 saturated carbocycles. The Balaban J connectivity index is 1.40. The number of nitrogens with zero attached hydrogens (tertiary/aromatic N) is 1. The van der Waals surface area contributed by atoms with Gasteiger partial charge in [-0.25, -0.2) is 4.39 Å². The lowest BCUT2D eigenvalue weighted by molar-refractivity contribution is 0.0704. The van der Waals surface area contributed by atoms with Crippen LogP contribution in [0.1, 0.15) is 41.4 Å². The van der Waals surface area contributed by atoms with E-state index >= 15 is 0 Å². The molecular weight excluding hydrogens is 385 g/mol. The maximum absolute atomic E-state index is 14.1. The van der Waals surface area contributed by atoms with Crippen molar-refractivity contribution in [3.05, 3.63) is 71.7 Å². The number of carbonyl (C=O) groups is 1. The summed E-state index contributed by atoms with van der Waals surface area (Å²) in [6.07, 6.45) is 2.62. The minimum Gasteiger partial charge on any atom is -0.490 e. The molecule has 2 aromatic carbocycles. The summed E-state index contributed by atoms with van der Waals surface area (Å²) in [4.78, 5) is 15.0. The minimum atomic E-state index is -0.378. The molecule has 0 spiro atoms. The number of furan rings is 1. The first-order valence-electron chi connectivity index (χ1n) is 10.3. The van der Waals surface area contributed by atoms with Crippen molar-refractivity contribution >= 4 is 5.91 Å². The summed E-state index contributed by atoms with van der Waals surface area (Å²) in [5, 5.41) is 0. The highest BCUT2D eigenvalue weighted by molar-refractivity contribution is 5.92. The number of likely N-dealkylation sites (tertiary alicyclic amines) is 1. The molecule has 1 atom stereocenters. The molecule has 30 heavy (non-hydrogen) atoms. The van der Waals surface area contributed by atoms with Crippen molar-refractivity contribution in [2.24, 2.45) is 0 Å². The van der Waals surface area contributed by atoms with Crippen LogP contribution in [-0.2, 0) is 0 Å². The molecule has 0 aliphatic carbocycles. The van der Waals surface area contributed by atoms with E-state index in [2.05, 4.69) is 0 Å². The number of hydrogen-bond acceptors (Lipinski definition) is 4. The fourth-order valence-corrected chi connectivity index (χ4v) is 4.14. The summed E-state index contributed by atoms with van der Waals surface area (Å²) in [7, 11) is 0. The predicted octanol–water partition coefficient (Wildman–Crippen LogP) is 5.22. The Morgan fingerprint density at radius 2 is 1.80 bits per heavy atom. The van der Waals surface area contributed by atoms with Crippen molar-refractivity contribution in [1.82, 2.24) is 4.90 Å². The third-order valence-corrected chi connectivity index (χ3v) is 5.63. The molecule has 0 N–H and O–H groups in total. The molecule has 2 aliphatic heterocycles. The van der Waals surface area contributed by atoms with E-state index in [0.717, 1.165) is 36.3 Å². The Morgan fingerprint density at radius 1 is 0.967 bits per heavy atom. The number of fused-ring (bicyclic) bond motifs is 1. The van der Waals surface area contributed by atoms with Crippen LogP contribution in [-0.4, -0.2) is 30.6 Å². The van der Waals surface area contributed by atoms with E-state index in [1.54, 1.807) is 30.3 Å². The number of amides is 1. The first-order valence-corrected chi connectivity index (χ1v) is 10.3. The van der Waals surface area contributed by atoms with Crippen LogP contribution >= 0.6 is 0 Å². The quantitative estimate of drug-likeness (QED) is 0.597. The van der Waals surface area contributed by atoms with Gasteiger partial charge in [0.1, 0.15) is 11.6 Å². The van der Waals surface area contributed by atoms with Crippen LogP contribution < -0.4 is 9.47 Å². The first-order chi connectivity index (χ1) is 14.7. The maximum atomic E-state index is 14.1. The van der Waals surface area contributed by atoms with Crippen LogP contribution in [0.2, 0.25) is 0 Å². The second kappa shape index (κ2) is 7.86. The Morgan fingerprint density at radius 3 is 2.67 bits per heavy atom. The van der Waals surface area contributed by atoms with Crippen LogP contribution in [0.15, 0.2) is 59.0 Å². The van der Waals surface area contributed by atoms with Gasteiger partial charge in [-0.1, -0.05) is 18.2 Å². The smallest absolute Gasteiger partial charge is 0.290 e. The average molecular weight is 407 g/mol. The van der Waals surface area contributed by atoms with Crippen LogP contribution in [0, 0.1) is 5.82 Å². The summed E-state index contributed by atoms with van der Waals surface area (Å²) in [6, 6.07) is 15.5. The molecule has 1 fully saturated rings. The van der Waals surface area contributed by atoms with Gasteiger partial charge in [0.05, 0.1) is 24.8 Å². The van der Waals surface area contributed by atoms with E-state index in [4.69, 9.17) is 13.9 Å². The number of carbonyl (C=O) groups excluding carboxylic acids is 1. The number of ether oxygens (including phenoxy) is 2. The Bertz CT molecular complexity index is 1080. The maximum Gasteiger partial charge on any atom is 0.290 e. The summed E-state index contributed by atoms with van der Waals surface area (Å²) in [5.41, 5.74) is 1.36. The van der Waals surface area contributed by atoms with Crippen molar-refractivity contribution in [2.45, 2.75) is 25.3 Å². The van der Waals surface area contributed by atoms with E-state index in [9.17, 15) is 9.18 Å². The highest BCUT2D eigenvalue weighted by Gasteiger charge is 2.33. The van der Waals surface area contributed by atoms with Gasteiger partial charge in [-0.3, -0.25) is 4.79 Å². The number of hydrogen-bond donors (Lipinski definition) is 0. The normalized spacial score (nSPS) is 18.3. The second-order valence-electron chi connectivity index (χ2n) is 7.56. The summed E-state index contributed by atoms with van der Waals surface area (Å²) in [6.45, 7) is 1.91. The number of rotatable bonds is 3. The van der Waals surface area contributed by atoms with Gasteiger partial charge in [0.15, 0.2) is 17.3 Å². The molecule has 5 nitrogen and oxygen atoms in total. The van der Waals surface area contributed by atoms with Crippen LogP contribution in [0.4, 0.5) is 4.39 Å². The van der Waals surface area contributed by atoms with Crippen molar-refractivity contribution < 1.29 is 23.1 Å². The van der Waals surface area contributed by atoms with E-state index in [1.165, 1.54) is 6.07 Å². The third-order valence-electron chi connectivity index (χ3n) is 5.63. The van der Waals surface area contributed by atoms with E-state index in [0.29, 0.717) is 31.1 Å². The number of benzene rings is 2. The lowest BCUT2D eigenvalue weighted by Gasteiger charge is -2.25. The Kier molecular flexibility index (Phi) is 4.91. The topological polar surface area (TPSA) is 51.9 Å². The van der Waals surface area contributed by atoms with E-state index in [-0.39, 0.29) is 23.5 Å². The molecule has 2 aliphatic rings. The second-order valence-corrected chi connectivity index (χ2v) is 7.56. The fraction of sp³-hybridized carbons (Fsp3) is 0.292. The molecule has 1 amide bonds. The molecule has 1 saturated heterocycles. The van der Waals surface area contributed by atoms with Crippen molar-refractivity contribution in [3.8, 4) is 22.8 Å². The molecule has 6 heteroatoms. The van der Waals surface area contributed by atoms with Crippen LogP contribution in [0.3, 0.4) is 0 Å². The Labute approximate surface area is 174 Å². The van der Waals surface area contributed by atoms with Crippen molar-refractivity contribution in [1.29, 1.82) is 0 Å². The molecule has 3 heterocycles. The fourth-order valence-electron chi connectivity index (χ4n) is 4.14. The molecular formula is C24H22FNO4. The minimum absolute atomic E-state index is 0.0586. The van der Waals surface area contributed by atoms with Gasteiger partial charge in [0.25, 0.3) is 5.91 Å². The molecule has 5 rings (SSSR count). The summed E-state index contributed by atoms with van der Waals surface area (Å²) in [5.74, 6) is 1.47. The first kappa shape index (κ1) is 18.7. The highest BCUT2D eigenvalue weighted by Crippen LogP contribution is 2.39. The predicted molar refractivity (Wildman–Crippen MR) is 109 cm³/mol.